The van der Waals surface area contributed by atoms with Gasteiger partial charge in [-0.15, -0.1) is 11.6 Å². The summed E-state index contributed by atoms with van der Waals surface area (Å²) in [4.78, 5) is 10.7. The number of cyclic esters (lactones) is 1. The fraction of sp³-hybridized carbons (Fsp3) is 0.833. The number of halogens is 1. The molecule has 0 aromatic rings. The zero-order valence-electron chi connectivity index (χ0n) is 5.26. The van der Waals surface area contributed by atoms with Gasteiger partial charge in [0.25, 0.3) is 0 Å². The standard InChI is InChI=1S/C6H9ClO2/c1-4-2-5(3-7)9-6(4)8/h4-5H,2-3H2,1H3/t4-,5+/m0/s1. The average Bonchev–Trinajstić information content (AvgIpc) is 2.13. The largest absolute Gasteiger partial charge is 0.461 e. The first-order chi connectivity index (χ1) is 4.24. The summed E-state index contributed by atoms with van der Waals surface area (Å²) in [7, 11) is 0. The van der Waals surface area contributed by atoms with Gasteiger partial charge in [0.15, 0.2) is 0 Å². The Kier molecular flexibility index (Phi) is 1.96. The molecule has 3 heteroatoms. The van der Waals surface area contributed by atoms with Crippen molar-refractivity contribution < 1.29 is 9.53 Å². The topological polar surface area (TPSA) is 26.3 Å². The molecule has 1 rings (SSSR count). The molecule has 0 unspecified atom stereocenters. The molecule has 9 heavy (non-hydrogen) atoms. The molecule has 1 fully saturated rings. The van der Waals surface area contributed by atoms with Gasteiger partial charge in [-0.3, -0.25) is 4.79 Å². The normalized spacial score (nSPS) is 34.7. The molecule has 0 saturated carbocycles. The quantitative estimate of drug-likeness (QED) is 0.412. The number of esters is 1. The van der Waals surface area contributed by atoms with Crippen LogP contribution in [0.3, 0.4) is 0 Å². The van der Waals surface area contributed by atoms with Crippen molar-refractivity contribution in [2.24, 2.45) is 5.92 Å². The Labute approximate surface area is 59.1 Å². The van der Waals surface area contributed by atoms with Gasteiger partial charge in [0.1, 0.15) is 6.10 Å². The molecule has 0 N–H and O–H groups in total. The van der Waals surface area contributed by atoms with Gasteiger partial charge in [0.05, 0.1) is 11.8 Å². The molecule has 0 spiro atoms. The molecule has 2 nitrogen and oxygen atoms in total. The third-order valence-electron chi connectivity index (χ3n) is 1.47. The van der Waals surface area contributed by atoms with E-state index in [-0.39, 0.29) is 18.0 Å². The van der Waals surface area contributed by atoms with E-state index < -0.39 is 0 Å². The lowest BCUT2D eigenvalue weighted by Gasteiger charge is -2.00. The number of carbonyl (C=O) groups excluding carboxylic acids is 1. The first-order valence-corrected chi connectivity index (χ1v) is 3.54. The summed E-state index contributed by atoms with van der Waals surface area (Å²) in [5.74, 6) is 0.366. The molecule has 0 aliphatic carbocycles. The Morgan fingerprint density at radius 1 is 1.89 bits per heavy atom. The van der Waals surface area contributed by atoms with E-state index in [1.165, 1.54) is 0 Å². The zero-order chi connectivity index (χ0) is 6.85. The van der Waals surface area contributed by atoms with Gasteiger partial charge in [-0.05, 0) is 6.42 Å². The first kappa shape index (κ1) is 6.87. The van der Waals surface area contributed by atoms with E-state index in [2.05, 4.69) is 0 Å². The SMILES string of the molecule is C[C@H]1C[C@H](CCl)OC1=O. The average molecular weight is 149 g/mol. The van der Waals surface area contributed by atoms with Gasteiger partial charge in [0.2, 0.25) is 0 Å². The maximum atomic E-state index is 10.7. The van der Waals surface area contributed by atoms with E-state index in [1.54, 1.807) is 0 Å². The van der Waals surface area contributed by atoms with Crippen molar-refractivity contribution >= 4 is 17.6 Å². The van der Waals surface area contributed by atoms with E-state index in [0.717, 1.165) is 6.42 Å². The van der Waals surface area contributed by atoms with E-state index in [4.69, 9.17) is 16.3 Å². The Hall–Kier alpha value is -0.240. The van der Waals surface area contributed by atoms with Crippen LogP contribution in [-0.4, -0.2) is 18.0 Å². The highest BCUT2D eigenvalue weighted by atomic mass is 35.5. The van der Waals surface area contributed by atoms with Crippen LogP contribution in [0.15, 0.2) is 0 Å². The lowest BCUT2D eigenvalue weighted by atomic mass is 10.1. The van der Waals surface area contributed by atoms with Crippen LogP contribution in [0.1, 0.15) is 13.3 Å². The molecular weight excluding hydrogens is 140 g/mol. The minimum atomic E-state index is -0.111. The lowest BCUT2D eigenvalue weighted by Crippen LogP contribution is -2.07. The minimum absolute atomic E-state index is 0.0332. The molecule has 1 heterocycles. The third-order valence-corrected chi connectivity index (χ3v) is 1.82. The monoisotopic (exact) mass is 148 g/mol. The maximum absolute atomic E-state index is 10.7. The zero-order valence-corrected chi connectivity index (χ0v) is 6.02. The fourth-order valence-corrected chi connectivity index (χ4v) is 1.10. The van der Waals surface area contributed by atoms with Crippen LogP contribution in [0.2, 0.25) is 0 Å². The molecule has 1 aliphatic heterocycles. The molecule has 0 aromatic carbocycles. The van der Waals surface area contributed by atoms with Crippen molar-refractivity contribution in [1.29, 1.82) is 0 Å². The summed E-state index contributed by atoms with van der Waals surface area (Å²) in [5.41, 5.74) is 0. The van der Waals surface area contributed by atoms with E-state index in [9.17, 15) is 4.79 Å². The van der Waals surface area contributed by atoms with Crippen LogP contribution in [-0.2, 0) is 9.53 Å². The summed E-state index contributed by atoms with van der Waals surface area (Å²) in [6.45, 7) is 1.86. The number of ether oxygens (including phenoxy) is 1. The highest BCUT2D eigenvalue weighted by Crippen LogP contribution is 2.20. The molecule has 52 valence electrons. The van der Waals surface area contributed by atoms with Crippen molar-refractivity contribution in [2.45, 2.75) is 19.4 Å². The second-order valence-electron chi connectivity index (χ2n) is 2.35. The van der Waals surface area contributed by atoms with Gasteiger partial charge in [0, 0.05) is 0 Å². The maximum Gasteiger partial charge on any atom is 0.309 e. The van der Waals surface area contributed by atoms with Crippen LogP contribution in [0.4, 0.5) is 0 Å². The number of hydrogen-bond acceptors (Lipinski definition) is 2. The van der Waals surface area contributed by atoms with Crippen LogP contribution in [0, 0.1) is 5.92 Å². The van der Waals surface area contributed by atoms with Crippen molar-refractivity contribution in [3.63, 3.8) is 0 Å². The smallest absolute Gasteiger partial charge is 0.309 e. The summed E-state index contributed by atoms with van der Waals surface area (Å²) < 4.78 is 4.85. The highest BCUT2D eigenvalue weighted by Gasteiger charge is 2.29. The second kappa shape index (κ2) is 2.56. The summed E-state index contributed by atoms with van der Waals surface area (Å²) >= 11 is 5.46. The Bertz CT molecular complexity index is 124. The molecule has 0 radical (unpaired) electrons. The van der Waals surface area contributed by atoms with Crippen LogP contribution in [0.5, 0.6) is 0 Å². The molecule has 1 aliphatic rings. The molecular formula is C6H9ClO2. The molecule has 2 atom stereocenters. The van der Waals surface area contributed by atoms with Gasteiger partial charge in [-0.25, -0.2) is 0 Å². The Morgan fingerprint density at radius 2 is 2.56 bits per heavy atom. The van der Waals surface area contributed by atoms with Crippen LogP contribution < -0.4 is 0 Å². The van der Waals surface area contributed by atoms with E-state index in [0.29, 0.717) is 5.88 Å². The molecule has 1 saturated heterocycles. The van der Waals surface area contributed by atoms with Gasteiger partial charge >= 0.3 is 5.97 Å². The van der Waals surface area contributed by atoms with Gasteiger partial charge < -0.3 is 4.74 Å². The summed E-state index contributed by atoms with van der Waals surface area (Å²) in [6, 6.07) is 0. The number of rotatable bonds is 1. The van der Waals surface area contributed by atoms with Gasteiger partial charge in [-0.2, -0.15) is 0 Å². The summed E-state index contributed by atoms with van der Waals surface area (Å²) in [6.07, 6.45) is 0.747. The third kappa shape index (κ3) is 1.36. The van der Waals surface area contributed by atoms with Gasteiger partial charge in [-0.1, -0.05) is 6.92 Å². The predicted octanol–water partition coefficient (Wildman–Crippen LogP) is 1.18. The van der Waals surface area contributed by atoms with E-state index >= 15 is 0 Å². The number of hydrogen-bond donors (Lipinski definition) is 0. The van der Waals surface area contributed by atoms with E-state index in [1.807, 2.05) is 6.92 Å². The Morgan fingerprint density at radius 3 is 2.78 bits per heavy atom. The Balaban J connectivity index is 2.44. The predicted molar refractivity (Wildman–Crippen MR) is 34.4 cm³/mol. The summed E-state index contributed by atoms with van der Waals surface area (Å²) in [5, 5.41) is 0. The molecule has 0 aromatic heterocycles. The van der Waals surface area contributed by atoms with Crippen LogP contribution >= 0.6 is 11.6 Å². The highest BCUT2D eigenvalue weighted by molar-refractivity contribution is 6.18. The van der Waals surface area contributed by atoms with Crippen molar-refractivity contribution in [3.8, 4) is 0 Å². The second-order valence-corrected chi connectivity index (χ2v) is 2.66. The molecule has 0 amide bonds. The van der Waals surface area contributed by atoms with Crippen LogP contribution in [0.25, 0.3) is 0 Å². The minimum Gasteiger partial charge on any atom is -0.461 e. The first-order valence-electron chi connectivity index (χ1n) is 3.00. The van der Waals surface area contributed by atoms with Crippen molar-refractivity contribution in [3.05, 3.63) is 0 Å². The van der Waals surface area contributed by atoms with Crippen molar-refractivity contribution in [1.82, 2.24) is 0 Å². The number of alkyl halides is 1. The van der Waals surface area contributed by atoms with Crippen molar-refractivity contribution in [2.75, 3.05) is 5.88 Å². The fourth-order valence-electron chi connectivity index (χ4n) is 0.914. The number of carbonyl (C=O) groups is 1. The molecule has 0 bridgehead atoms. The lowest BCUT2D eigenvalue weighted by molar-refractivity contribution is -0.143.